The first-order valence-electron chi connectivity index (χ1n) is 9.40. The maximum Gasteiger partial charge on any atom is 0.337 e. The van der Waals surface area contributed by atoms with Gasteiger partial charge in [0.05, 0.1) is 11.3 Å². The van der Waals surface area contributed by atoms with Gasteiger partial charge in [-0.05, 0) is 59.3 Å². The van der Waals surface area contributed by atoms with Crippen LogP contribution < -0.4 is 9.64 Å². The van der Waals surface area contributed by atoms with Crippen LogP contribution in [0.1, 0.15) is 20.7 Å². The third-order valence-electron chi connectivity index (χ3n) is 4.86. The van der Waals surface area contributed by atoms with Crippen molar-refractivity contribution < 1.29 is 19.4 Å². The highest BCUT2D eigenvalue weighted by Gasteiger charge is 2.19. The summed E-state index contributed by atoms with van der Waals surface area (Å²) in [5.41, 5.74) is 0.847. The Labute approximate surface area is 173 Å². The number of fused-ring (bicyclic) bond motifs is 1. The fourth-order valence-corrected chi connectivity index (χ4v) is 3.28. The number of amides is 1. The smallest absolute Gasteiger partial charge is 0.337 e. The van der Waals surface area contributed by atoms with Crippen molar-refractivity contribution in [1.82, 2.24) is 0 Å². The van der Waals surface area contributed by atoms with Crippen LogP contribution in [-0.4, -0.2) is 24.0 Å². The Morgan fingerprint density at radius 2 is 1.40 bits per heavy atom. The first-order valence-corrected chi connectivity index (χ1v) is 9.40. The lowest BCUT2D eigenvalue weighted by atomic mass is 10.1. The fourth-order valence-electron chi connectivity index (χ4n) is 3.28. The Bertz CT molecular complexity index is 1230. The summed E-state index contributed by atoms with van der Waals surface area (Å²) in [6.07, 6.45) is 0. The summed E-state index contributed by atoms with van der Waals surface area (Å²) in [5.74, 6) is -0.0685. The van der Waals surface area contributed by atoms with Gasteiger partial charge in [-0.3, -0.25) is 4.79 Å². The number of aromatic carboxylic acids is 1. The number of hydrogen-bond acceptors (Lipinski definition) is 3. The van der Waals surface area contributed by atoms with E-state index in [0.29, 0.717) is 22.7 Å². The van der Waals surface area contributed by atoms with E-state index in [2.05, 4.69) is 0 Å². The molecule has 0 aliphatic rings. The number of carboxylic acids is 1. The number of para-hydroxylation sites is 1. The molecule has 5 heteroatoms. The van der Waals surface area contributed by atoms with E-state index in [1.54, 1.807) is 49.5 Å². The van der Waals surface area contributed by atoms with E-state index in [1.165, 1.54) is 11.0 Å². The van der Waals surface area contributed by atoms with Crippen LogP contribution in [0, 0.1) is 0 Å². The zero-order chi connectivity index (χ0) is 21.1. The molecule has 0 radical (unpaired) electrons. The minimum absolute atomic E-state index is 0.0737. The Balaban J connectivity index is 1.52. The van der Waals surface area contributed by atoms with E-state index in [1.807, 2.05) is 42.5 Å². The van der Waals surface area contributed by atoms with Crippen LogP contribution >= 0.6 is 0 Å². The molecular formula is C25H19NO4. The number of rotatable bonds is 5. The topological polar surface area (TPSA) is 66.8 Å². The molecule has 0 fully saturated rings. The van der Waals surface area contributed by atoms with Crippen molar-refractivity contribution in [3.05, 3.63) is 102 Å². The average molecular weight is 397 g/mol. The highest BCUT2D eigenvalue weighted by molar-refractivity contribution is 6.09. The predicted octanol–water partition coefficient (Wildman–Crippen LogP) is 5.61. The second-order valence-electron chi connectivity index (χ2n) is 6.82. The third-order valence-corrected chi connectivity index (χ3v) is 4.86. The molecule has 0 saturated heterocycles. The zero-order valence-corrected chi connectivity index (χ0v) is 16.3. The number of benzene rings is 4. The van der Waals surface area contributed by atoms with Crippen LogP contribution in [0.2, 0.25) is 0 Å². The molecule has 0 saturated carbocycles. The first-order chi connectivity index (χ1) is 14.5. The molecule has 0 spiro atoms. The first kappa shape index (κ1) is 19.2. The Morgan fingerprint density at radius 3 is 2.13 bits per heavy atom. The number of ether oxygens (including phenoxy) is 1. The molecule has 4 aromatic rings. The molecule has 0 heterocycles. The van der Waals surface area contributed by atoms with Crippen molar-refractivity contribution in [1.29, 1.82) is 0 Å². The molecule has 0 aliphatic heterocycles. The van der Waals surface area contributed by atoms with E-state index in [0.717, 1.165) is 10.8 Å². The van der Waals surface area contributed by atoms with Crippen molar-refractivity contribution in [2.75, 3.05) is 11.9 Å². The molecule has 0 unspecified atom stereocenters. The van der Waals surface area contributed by atoms with Gasteiger partial charge in [-0.15, -0.1) is 0 Å². The van der Waals surface area contributed by atoms with Gasteiger partial charge in [-0.2, -0.15) is 0 Å². The SMILES string of the molecule is CN(C(=O)c1ccc(Oc2ccc3ccccc3c2)cc1)c1ccccc1C(=O)O. The summed E-state index contributed by atoms with van der Waals surface area (Å²) in [6, 6.07) is 27.1. The summed E-state index contributed by atoms with van der Waals surface area (Å²) in [4.78, 5) is 25.6. The monoisotopic (exact) mass is 397 g/mol. The molecule has 30 heavy (non-hydrogen) atoms. The molecule has 4 rings (SSSR count). The van der Waals surface area contributed by atoms with Crippen LogP contribution in [0.15, 0.2) is 91.0 Å². The lowest BCUT2D eigenvalue weighted by molar-refractivity contribution is 0.0697. The second kappa shape index (κ2) is 8.09. The second-order valence-corrected chi connectivity index (χ2v) is 6.82. The lowest BCUT2D eigenvalue weighted by Crippen LogP contribution is -2.27. The number of anilines is 1. The molecule has 0 atom stereocenters. The molecule has 4 aromatic carbocycles. The van der Waals surface area contributed by atoms with Gasteiger partial charge in [0.25, 0.3) is 5.91 Å². The third kappa shape index (κ3) is 3.86. The van der Waals surface area contributed by atoms with Gasteiger partial charge >= 0.3 is 5.97 Å². The van der Waals surface area contributed by atoms with Gasteiger partial charge < -0.3 is 14.7 Å². The largest absolute Gasteiger partial charge is 0.478 e. The Kier molecular flexibility index (Phi) is 5.18. The molecule has 0 bridgehead atoms. The number of carbonyl (C=O) groups is 2. The maximum absolute atomic E-state index is 12.8. The molecule has 0 aromatic heterocycles. The van der Waals surface area contributed by atoms with Gasteiger partial charge in [-0.1, -0.05) is 42.5 Å². The van der Waals surface area contributed by atoms with Crippen LogP contribution in [0.25, 0.3) is 10.8 Å². The number of hydrogen-bond donors (Lipinski definition) is 1. The van der Waals surface area contributed by atoms with E-state index < -0.39 is 5.97 Å². The van der Waals surface area contributed by atoms with E-state index >= 15 is 0 Å². The van der Waals surface area contributed by atoms with E-state index in [-0.39, 0.29) is 11.5 Å². The Hall–Kier alpha value is -4.12. The summed E-state index contributed by atoms with van der Waals surface area (Å²) >= 11 is 0. The molecule has 0 aliphatic carbocycles. The van der Waals surface area contributed by atoms with Crippen molar-refractivity contribution in [2.45, 2.75) is 0 Å². The Morgan fingerprint density at radius 1 is 0.767 bits per heavy atom. The van der Waals surface area contributed by atoms with E-state index in [9.17, 15) is 14.7 Å². The van der Waals surface area contributed by atoms with Gasteiger partial charge in [0.15, 0.2) is 0 Å². The molecule has 1 N–H and O–H groups in total. The standard InChI is InChI=1S/C25H19NO4/c1-26(23-9-5-4-8-22(23)25(28)29)24(27)18-11-13-20(14-12-18)30-21-15-10-17-6-2-3-7-19(17)16-21/h2-16H,1H3,(H,28,29). The summed E-state index contributed by atoms with van der Waals surface area (Å²) < 4.78 is 5.91. The van der Waals surface area contributed by atoms with Gasteiger partial charge in [0.2, 0.25) is 0 Å². The lowest BCUT2D eigenvalue weighted by Gasteiger charge is -2.19. The van der Waals surface area contributed by atoms with Gasteiger partial charge in [-0.25, -0.2) is 4.79 Å². The predicted molar refractivity (Wildman–Crippen MR) is 117 cm³/mol. The number of nitrogens with zero attached hydrogens (tertiary/aromatic N) is 1. The van der Waals surface area contributed by atoms with Crippen LogP contribution in [-0.2, 0) is 0 Å². The average Bonchev–Trinajstić information content (AvgIpc) is 2.78. The summed E-state index contributed by atoms with van der Waals surface area (Å²) in [7, 11) is 1.56. The minimum atomic E-state index is -1.08. The van der Waals surface area contributed by atoms with Crippen LogP contribution in [0.4, 0.5) is 5.69 Å². The quantitative estimate of drug-likeness (QED) is 0.475. The van der Waals surface area contributed by atoms with Crippen molar-refractivity contribution in [3.8, 4) is 11.5 Å². The summed E-state index contributed by atoms with van der Waals surface area (Å²) in [5, 5.41) is 11.6. The zero-order valence-electron chi connectivity index (χ0n) is 16.3. The molecule has 148 valence electrons. The highest BCUT2D eigenvalue weighted by Crippen LogP contribution is 2.27. The van der Waals surface area contributed by atoms with Crippen LogP contribution in [0.5, 0.6) is 11.5 Å². The highest BCUT2D eigenvalue weighted by atomic mass is 16.5. The van der Waals surface area contributed by atoms with Gasteiger partial charge in [0, 0.05) is 12.6 Å². The van der Waals surface area contributed by atoms with Crippen molar-refractivity contribution >= 4 is 28.3 Å². The van der Waals surface area contributed by atoms with E-state index in [4.69, 9.17) is 4.74 Å². The van der Waals surface area contributed by atoms with Crippen molar-refractivity contribution in [2.24, 2.45) is 0 Å². The number of carbonyl (C=O) groups excluding carboxylic acids is 1. The summed E-state index contributed by atoms with van der Waals surface area (Å²) in [6.45, 7) is 0. The van der Waals surface area contributed by atoms with Gasteiger partial charge in [0.1, 0.15) is 11.5 Å². The fraction of sp³-hybridized carbons (Fsp3) is 0.0400. The molecular weight excluding hydrogens is 378 g/mol. The number of carboxylic acid groups (broad SMARTS) is 1. The maximum atomic E-state index is 12.8. The minimum Gasteiger partial charge on any atom is -0.478 e. The van der Waals surface area contributed by atoms with Crippen LogP contribution in [0.3, 0.4) is 0 Å². The van der Waals surface area contributed by atoms with Crippen molar-refractivity contribution in [3.63, 3.8) is 0 Å². The normalized spacial score (nSPS) is 10.6. The molecule has 5 nitrogen and oxygen atoms in total. The molecule has 1 amide bonds.